The van der Waals surface area contributed by atoms with Crippen LogP contribution in [0.25, 0.3) is 0 Å². The highest BCUT2D eigenvalue weighted by atomic mass is 16.5. The number of benzene rings is 1. The number of para-hydroxylation sites is 1. The summed E-state index contributed by atoms with van der Waals surface area (Å²) in [5, 5.41) is 0. The second-order valence-corrected chi connectivity index (χ2v) is 4.89. The third-order valence-corrected chi connectivity index (χ3v) is 3.53. The number of hydrogen-bond donors (Lipinski definition) is 0. The molecule has 0 amide bonds. The molecule has 1 unspecified atom stereocenters. The zero-order valence-electron chi connectivity index (χ0n) is 11.0. The maximum atomic E-state index is 5.89. The van der Waals surface area contributed by atoms with Crippen molar-refractivity contribution in [2.75, 3.05) is 13.7 Å². The van der Waals surface area contributed by atoms with Crippen LogP contribution in [0.4, 0.5) is 0 Å². The van der Waals surface area contributed by atoms with Crippen LogP contribution in [-0.2, 0) is 12.8 Å². The summed E-state index contributed by atoms with van der Waals surface area (Å²) in [6, 6.07) is 10.2. The van der Waals surface area contributed by atoms with Crippen molar-refractivity contribution in [1.29, 1.82) is 0 Å². The fourth-order valence-corrected chi connectivity index (χ4v) is 2.60. The Bertz CT molecular complexity index is 554. The van der Waals surface area contributed by atoms with Gasteiger partial charge in [0.1, 0.15) is 0 Å². The lowest BCUT2D eigenvalue weighted by atomic mass is 9.91. The van der Waals surface area contributed by atoms with Crippen LogP contribution in [0.5, 0.6) is 11.5 Å². The molecule has 1 aromatic heterocycles. The van der Waals surface area contributed by atoms with Crippen molar-refractivity contribution in [2.24, 2.45) is 5.92 Å². The number of hydrogen-bond acceptors (Lipinski definition) is 3. The Labute approximate surface area is 113 Å². The smallest absolute Gasteiger partial charge is 0.164 e. The molecule has 0 bridgehead atoms. The van der Waals surface area contributed by atoms with Crippen molar-refractivity contribution in [2.45, 2.75) is 12.8 Å². The first-order valence-corrected chi connectivity index (χ1v) is 6.54. The Kier molecular flexibility index (Phi) is 3.36. The fraction of sp³-hybridized carbons (Fsp3) is 0.312. The van der Waals surface area contributed by atoms with Gasteiger partial charge in [-0.25, -0.2) is 0 Å². The highest BCUT2D eigenvalue weighted by Gasteiger charge is 2.22. The van der Waals surface area contributed by atoms with E-state index in [0.717, 1.165) is 30.9 Å². The minimum atomic E-state index is 0.516. The summed E-state index contributed by atoms with van der Waals surface area (Å²) >= 11 is 0. The van der Waals surface area contributed by atoms with Crippen LogP contribution in [0.15, 0.2) is 42.7 Å². The number of fused-ring (bicyclic) bond motifs is 1. The van der Waals surface area contributed by atoms with Crippen LogP contribution in [0.2, 0.25) is 0 Å². The Morgan fingerprint density at radius 2 is 2.11 bits per heavy atom. The number of aromatic nitrogens is 1. The summed E-state index contributed by atoms with van der Waals surface area (Å²) < 4.78 is 11.2. The van der Waals surface area contributed by atoms with Gasteiger partial charge in [-0.2, -0.15) is 0 Å². The highest BCUT2D eigenvalue weighted by Crippen LogP contribution is 2.36. The molecule has 2 heterocycles. The summed E-state index contributed by atoms with van der Waals surface area (Å²) in [6.45, 7) is 0.746. The van der Waals surface area contributed by atoms with Crippen LogP contribution in [0.1, 0.15) is 11.1 Å². The predicted molar refractivity (Wildman–Crippen MR) is 73.6 cm³/mol. The van der Waals surface area contributed by atoms with E-state index in [0.29, 0.717) is 5.92 Å². The quantitative estimate of drug-likeness (QED) is 0.845. The van der Waals surface area contributed by atoms with Gasteiger partial charge >= 0.3 is 0 Å². The fourth-order valence-electron chi connectivity index (χ4n) is 2.60. The molecule has 0 saturated carbocycles. The topological polar surface area (TPSA) is 31.4 Å². The van der Waals surface area contributed by atoms with Gasteiger partial charge in [0.15, 0.2) is 11.5 Å². The lowest BCUT2D eigenvalue weighted by molar-refractivity contribution is 0.211. The van der Waals surface area contributed by atoms with Crippen LogP contribution in [-0.4, -0.2) is 18.7 Å². The zero-order chi connectivity index (χ0) is 13.1. The molecule has 19 heavy (non-hydrogen) atoms. The average Bonchev–Trinajstić information content (AvgIpc) is 2.47. The third-order valence-electron chi connectivity index (χ3n) is 3.53. The first-order chi connectivity index (χ1) is 9.36. The molecule has 3 rings (SSSR count). The largest absolute Gasteiger partial charge is 0.493 e. The summed E-state index contributed by atoms with van der Waals surface area (Å²) in [6.07, 6.45) is 5.75. The first-order valence-electron chi connectivity index (χ1n) is 6.54. The van der Waals surface area contributed by atoms with Crippen molar-refractivity contribution in [3.8, 4) is 11.5 Å². The van der Waals surface area contributed by atoms with Crippen molar-refractivity contribution in [3.63, 3.8) is 0 Å². The maximum Gasteiger partial charge on any atom is 0.164 e. The molecule has 2 aromatic rings. The minimum Gasteiger partial charge on any atom is -0.493 e. The second-order valence-electron chi connectivity index (χ2n) is 4.89. The van der Waals surface area contributed by atoms with E-state index in [1.165, 1.54) is 11.1 Å². The van der Waals surface area contributed by atoms with Gasteiger partial charge in [0.25, 0.3) is 0 Å². The normalized spacial score (nSPS) is 17.4. The van der Waals surface area contributed by atoms with E-state index in [1.807, 2.05) is 24.5 Å². The van der Waals surface area contributed by atoms with Crippen molar-refractivity contribution >= 4 is 0 Å². The van der Waals surface area contributed by atoms with E-state index in [-0.39, 0.29) is 0 Å². The third kappa shape index (κ3) is 2.55. The lowest BCUT2D eigenvalue weighted by Gasteiger charge is -2.26. The molecule has 1 aliphatic rings. The number of pyridine rings is 1. The van der Waals surface area contributed by atoms with Crippen LogP contribution in [0, 0.1) is 5.92 Å². The molecular formula is C16H17NO2. The standard InChI is InChI=1S/C16H17NO2/c1-18-15-4-2-3-14-10-13(11-19-16(14)15)9-12-5-7-17-8-6-12/h2-8,13H,9-11H2,1H3. The van der Waals surface area contributed by atoms with E-state index in [4.69, 9.17) is 9.47 Å². The summed E-state index contributed by atoms with van der Waals surface area (Å²) in [7, 11) is 1.68. The molecular weight excluding hydrogens is 238 g/mol. The Morgan fingerprint density at radius 1 is 1.26 bits per heavy atom. The molecule has 0 radical (unpaired) electrons. The molecule has 0 aliphatic carbocycles. The molecule has 0 fully saturated rings. The van der Waals surface area contributed by atoms with E-state index < -0.39 is 0 Å². The predicted octanol–water partition coefficient (Wildman–Crippen LogP) is 2.88. The molecule has 0 spiro atoms. The molecule has 1 aromatic carbocycles. The Morgan fingerprint density at radius 3 is 2.89 bits per heavy atom. The monoisotopic (exact) mass is 255 g/mol. The van der Waals surface area contributed by atoms with E-state index >= 15 is 0 Å². The Balaban J connectivity index is 1.76. The van der Waals surface area contributed by atoms with Crippen LogP contribution >= 0.6 is 0 Å². The number of ether oxygens (including phenoxy) is 2. The SMILES string of the molecule is COc1cccc2c1OCC(Cc1ccncc1)C2. The molecule has 0 saturated heterocycles. The Hall–Kier alpha value is -2.03. The maximum absolute atomic E-state index is 5.89. The van der Waals surface area contributed by atoms with Crippen LogP contribution in [0.3, 0.4) is 0 Å². The summed E-state index contributed by atoms with van der Waals surface area (Å²) in [4.78, 5) is 4.05. The van der Waals surface area contributed by atoms with Gasteiger partial charge in [0, 0.05) is 18.3 Å². The lowest BCUT2D eigenvalue weighted by Crippen LogP contribution is -2.23. The van der Waals surface area contributed by atoms with Gasteiger partial charge in [-0.3, -0.25) is 4.98 Å². The molecule has 3 heteroatoms. The number of methoxy groups -OCH3 is 1. The van der Waals surface area contributed by atoms with E-state index in [2.05, 4.69) is 23.2 Å². The summed E-state index contributed by atoms with van der Waals surface area (Å²) in [5.74, 6) is 2.26. The molecule has 1 aliphatic heterocycles. The molecule has 0 N–H and O–H groups in total. The number of rotatable bonds is 3. The zero-order valence-corrected chi connectivity index (χ0v) is 11.0. The minimum absolute atomic E-state index is 0.516. The van der Waals surface area contributed by atoms with Crippen LogP contribution < -0.4 is 9.47 Å². The van der Waals surface area contributed by atoms with E-state index in [9.17, 15) is 0 Å². The first kappa shape index (κ1) is 12.0. The van der Waals surface area contributed by atoms with Gasteiger partial charge in [0.2, 0.25) is 0 Å². The highest BCUT2D eigenvalue weighted by molar-refractivity contribution is 5.47. The van der Waals surface area contributed by atoms with Gasteiger partial charge in [0.05, 0.1) is 13.7 Å². The molecule has 3 nitrogen and oxygen atoms in total. The van der Waals surface area contributed by atoms with Crippen molar-refractivity contribution < 1.29 is 9.47 Å². The second kappa shape index (κ2) is 5.31. The average molecular weight is 255 g/mol. The van der Waals surface area contributed by atoms with Gasteiger partial charge in [-0.1, -0.05) is 12.1 Å². The summed E-state index contributed by atoms with van der Waals surface area (Å²) in [5.41, 5.74) is 2.56. The van der Waals surface area contributed by atoms with Gasteiger partial charge in [-0.05, 0) is 42.2 Å². The van der Waals surface area contributed by atoms with E-state index in [1.54, 1.807) is 7.11 Å². The van der Waals surface area contributed by atoms with Gasteiger partial charge < -0.3 is 9.47 Å². The van der Waals surface area contributed by atoms with Gasteiger partial charge in [-0.15, -0.1) is 0 Å². The number of nitrogens with zero attached hydrogens (tertiary/aromatic N) is 1. The van der Waals surface area contributed by atoms with Crippen molar-refractivity contribution in [3.05, 3.63) is 53.9 Å². The van der Waals surface area contributed by atoms with Crippen molar-refractivity contribution in [1.82, 2.24) is 4.98 Å². The molecule has 98 valence electrons. The molecule has 1 atom stereocenters.